The third-order valence-electron chi connectivity index (χ3n) is 3.60. The Hall–Kier alpha value is -3.11. The van der Waals surface area contributed by atoms with E-state index in [2.05, 4.69) is 9.50 Å². The first-order valence-corrected chi connectivity index (χ1v) is 8.97. The molecule has 0 fully saturated rings. The molecule has 2 aromatic carbocycles. The Morgan fingerprint density at radius 2 is 2.00 bits per heavy atom. The van der Waals surface area contributed by atoms with Crippen LogP contribution in [0.2, 0.25) is 0 Å². The number of non-ortho nitro benzene ring substituents is 1. The van der Waals surface area contributed by atoms with Gasteiger partial charge < -0.3 is 5.11 Å². The molecule has 1 aliphatic rings. The highest BCUT2D eigenvalue weighted by Crippen LogP contribution is 2.27. The maximum absolute atomic E-state index is 12.2. The number of sulfonamides is 1. The Labute approximate surface area is 149 Å². The van der Waals surface area contributed by atoms with E-state index >= 15 is 0 Å². The fourth-order valence-corrected chi connectivity index (χ4v) is 3.65. The second kappa shape index (κ2) is 7.02. The van der Waals surface area contributed by atoms with Crippen molar-refractivity contribution >= 4 is 27.8 Å². The van der Waals surface area contributed by atoms with Crippen LogP contribution in [-0.2, 0) is 10.0 Å². The van der Waals surface area contributed by atoms with Gasteiger partial charge in [-0.25, -0.2) is 5.01 Å². The van der Waals surface area contributed by atoms with Gasteiger partial charge in [-0.15, -0.1) is 4.40 Å². The molecule has 1 aliphatic heterocycles. The van der Waals surface area contributed by atoms with Crippen molar-refractivity contribution in [3.05, 3.63) is 69.8 Å². The number of fused-ring (bicyclic) bond motifs is 1. The molecular formula is C16H14N4O5S. The average molecular weight is 374 g/mol. The lowest BCUT2D eigenvalue weighted by Gasteiger charge is -2.17. The molecule has 1 heterocycles. The Bertz CT molecular complexity index is 1020. The molecule has 26 heavy (non-hydrogen) atoms. The Morgan fingerprint density at radius 3 is 2.73 bits per heavy atom. The summed E-state index contributed by atoms with van der Waals surface area (Å²) in [6.07, 6.45) is 1.35. The van der Waals surface area contributed by atoms with E-state index in [-0.39, 0.29) is 29.6 Å². The summed E-state index contributed by atoms with van der Waals surface area (Å²) in [6, 6.07) is 12.1. The van der Waals surface area contributed by atoms with Gasteiger partial charge in [-0.1, -0.05) is 24.3 Å². The molecule has 0 saturated carbocycles. The minimum absolute atomic E-state index is 0.00805. The van der Waals surface area contributed by atoms with E-state index in [0.717, 1.165) is 0 Å². The van der Waals surface area contributed by atoms with Gasteiger partial charge in [-0.05, 0) is 12.1 Å². The molecule has 0 radical (unpaired) electrons. The number of hydrogen-bond donors (Lipinski definition) is 1. The molecule has 134 valence electrons. The Kier molecular flexibility index (Phi) is 4.78. The van der Waals surface area contributed by atoms with Crippen LogP contribution in [-0.4, -0.2) is 48.7 Å². The first kappa shape index (κ1) is 17.7. The lowest BCUT2D eigenvalue weighted by Crippen LogP contribution is -2.28. The molecule has 10 heteroatoms. The number of nitrogens with zero attached hydrogens (tertiary/aromatic N) is 4. The average Bonchev–Trinajstić information content (AvgIpc) is 2.90. The standard InChI is InChI=1S/C16H14N4O5S/c21-9-8-19(17-11-12-4-3-5-13(10-12)20(22)23)16-14-6-1-2-7-15(14)26(24,25)18-16/h1-7,10-11,21H,8-9H2/b17-11+. The zero-order valence-corrected chi connectivity index (χ0v) is 14.2. The predicted molar refractivity (Wildman–Crippen MR) is 94.6 cm³/mol. The number of aliphatic hydroxyl groups excluding tert-OH is 1. The first-order valence-electron chi connectivity index (χ1n) is 7.53. The quantitative estimate of drug-likeness (QED) is 0.479. The van der Waals surface area contributed by atoms with Crippen LogP contribution < -0.4 is 0 Å². The van der Waals surface area contributed by atoms with Crippen molar-refractivity contribution < 1.29 is 18.4 Å². The molecule has 0 bridgehead atoms. The molecule has 3 rings (SSSR count). The number of hydrogen-bond acceptors (Lipinski definition) is 7. The molecule has 0 spiro atoms. The molecule has 1 N–H and O–H groups in total. The second-order valence-electron chi connectivity index (χ2n) is 5.33. The second-order valence-corrected chi connectivity index (χ2v) is 6.90. The summed E-state index contributed by atoms with van der Waals surface area (Å²) in [5.41, 5.74) is 0.753. The van der Waals surface area contributed by atoms with E-state index in [1.54, 1.807) is 24.3 Å². The minimum Gasteiger partial charge on any atom is -0.394 e. The van der Waals surface area contributed by atoms with Crippen LogP contribution in [0.25, 0.3) is 0 Å². The summed E-state index contributed by atoms with van der Waals surface area (Å²) >= 11 is 0. The van der Waals surface area contributed by atoms with Crippen molar-refractivity contribution in [3.63, 3.8) is 0 Å². The van der Waals surface area contributed by atoms with Crippen LogP contribution in [0.3, 0.4) is 0 Å². The van der Waals surface area contributed by atoms with Gasteiger partial charge in [-0.2, -0.15) is 13.5 Å². The SMILES string of the molecule is O=[N+]([O-])c1cccc(/C=N/N(CCO)C2=NS(=O)(=O)c3ccccc32)c1. The zero-order chi connectivity index (χ0) is 18.7. The Balaban J connectivity index is 1.96. The van der Waals surface area contributed by atoms with Crippen molar-refractivity contribution in [2.24, 2.45) is 9.50 Å². The zero-order valence-electron chi connectivity index (χ0n) is 13.4. The van der Waals surface area contributed by atoms with E-state index in [4.69, 9.17) is 0 Å². The molecular weight excluding hydrogens is 360 g/mol. The molecule has 0 atom stereocenters. The number of amidine groups is 1. The smallest absolute Gasteiger partial charge is 0.285 e. The van der Waals surface area contributed by atoms with Crippen molar-refractivity contribution in [2.75, 3.05) is 13.2 Å². The van der Waals surface area contributed by atoms with E-state index < -0.39 is 14.9 Å². The molecule has 9 nitrogen and oxygen atoms in total. The molecule has 0 unspecified atom stereocenters. The van der Waals surface area contributed by atoms with Gasteiger partial charge in [0.25, 0.3) is 15.7 Å². The van der Waals surface area contributed by atoms with Crippen LogP contribution in [0.15, 0.2) is 62.9 Å². The fourth-order valence-electron chi connectivity index (χ4n) is 2.44. The van der Waals surface area contributed by atoms with Gasteiger partial charge in [0, 0.05) is 23.3 Å². The summed E-state index contributed by atoms with van der Waals surface area (Å²) in [6.45, 7) is -0.276. The third-order valence-corrected chi connectivity index (χ3v) is 4.92. The highest BCUT2D eigenvalue weighted by atomic mass is 32.2. The molecule has 2 aromatic rings. The van der Waals surface area contributed by atoms with E-state index in [1.807, 2.05) is 0 Å². The van der Waals surface area contributed by atoms with Crippen LogP contribution >= 0.6 is 0 Å². The lowest BCUT2D eigenvalue weighted by molar-refractivity contribution is -0.384. The van der Waals surface area contributed by atoms with Gasteiger partial charge in [-0.3, -0.25) is 10.1 Å². The van der Waals surface area contributed by atoms with Gasteiger partial charge >= 0.3 is 0 Å². The normalized spacial score (nSPS) is 14.9. The van der Waals surface area contributed by atoms with Crippen LogP contribution in [0, 0.1) is 10.1 Å². The maximum atomic E-state index is 12.2. The van der Waals surface area contributed by atoms with Crippen LogP contribution in [0.5, 0.6) is 0 Å². The lowest BCUT2D eigenvalue weighted by atomic mass is 10.2. The predicted octanol–water partition coefficient (Wildman–Crippen LogP) is 1.37. The molecule has 0 aliphatic carbocycles. The summed E-state index contributed by atoms with van der Waals surface area (Å²) < 4.78 is 28.1. The van der Waals surface area contributed by atoms with Gasteiger partial charge in [0.15, 0.2) is 5.84 Å². The number of aliphatic hydroxyl groups is 1. The summed E-state index contributed by atoms with van der Waals surface area (Å²) in [5.74, 6) is 0.0938. The van der Waals surface area contributed by atoms with Crippen LogP contribution in [0.1, 0.15) is 11.1 Å². The first-order chi connectivity index (χ1) is 12.4. The fraction of sp³-hybridized carbons (Fsp3) is 0.125. The van der Waals surface area contributed by atoms with E-state index in [0.29, 0.717) is 11.1 Å². The molecule has 0 saturated heterocycles. The van der Waals surface area contributed by atoms with Crippen molar-refractivity contribution in [1.29, 1.82) is 0 Å². The number of hydrazone groups is 1. The van der Waals surface area contributed by atoms with Crippen molar-refractivity contribution in [3.8, 4) is 0 Å². The largest absolute Gasteiger partial charge is 0.394 e. The Morgan fingerprint density at radius 1 is 1.23 bits per heavy atom. The molecule has 0 amide bonds. The van der Waals surface area contributed by atoms with Crippen molar-refractivity contribution in [1.82, 2.24) is 5.01 Å². The highest BCUT2D eigenvalue weighted by Gasteiger charge is 2.31. The van der Waals surface area contributed by atoms with Gasteiger partial charge in [0.1, 0.15) is 4.90 Å². The summed E-state index contributed by atoms with van der Waals surface area (Å²) in [4.78, 5) is 10.4. The number of rotatable bonds is 5. The molecule has 0 aromatic heterocycles. The third kappa shape index (κ3) is 3.46. The minimum atomic E-state index is -3.82. The summed E-state index contributed by atoms with van der Waals surface area (Å²) in [5, 5.41) is 25.5. The van der Waals surface area contributed by atoms with Crippen molar-refractivity contribution in [2.45, 2.75) is 4.90 Å². The topological polar surface area (TPSA) is 125 Å². The number of nitro benzene ring substituents is 1. The van der Waals surface area contributed by atoms with Gasteiger partial charge in [0.05, 0.1) is 24.3 Å². The maximum Gasteiger partial charge on any atom is 0.285 e. The van der Waals surface area contributed by atoms with E-state index in [9.17, 15) is 23.6 Å². The number of benzene rings is 2. The van der Waals surface area contributed by atoms with Gasteiger partial charge in [0.2, 0.25) is 0 Å². The monoisotopic (exact) mass is 374 g/mol. The van der Waals surface area contributed by atoms with E-state index in [1.165, 1.54) is 35.5 Å². The van der Waals surface area contributed by atoms with Crippen LogP contribution in [0.4, 0.5) is 5.69 Å². The number of nitro groups is 1. The summed E-state index contributed by atoms with van der Waals surface area (Å²) in [7, 11) is -3.82. The highest BCUT2D eigenvalue weighted by molar-refractivity contribution is 7.90.